The Kier molecular flexibility index (Phi) is 2.00. The normalized spacial score (nSPS) is 17.9. The van der Waals surface area contributed by atoms with Gasteiger partial charge >= 0.3 is 0 Å². The third kappa shape index (κ3) is 1.16. The van der Waals surface area contributed by atoms with Crippen molar-refractivity contribution in [3.63, 3.8) is 0 Å². The maximum absolute atomic E-state index is 12.0. The number of methoxy groups -OCH3 is 1. The molecule has 0 aliphatic carbocycles. The fourth-order valence-electron chi connectivity index (χ4n) is 2.03. The summed E-state index contributed by atoms with van der Waals surface area (Å²) in [7, 11) is 3.41. The van der Waals surface area contributed by atoms with E-state index in [0.717, 1.165) is 5.56 Å². The summed E-state index contributed by atoms with van der Waals surface area (Å²) in [6.07, 6.45) is 0. The molecule has 0 radical (unpaired) electrons. The standard InChI is InChI=1S/C12H15NO2/c1-12(2)8-6-5-7-9(15-4)10(8)11(14)13(12)3/h5-7H,1-4H3. The first-order valence-corrected chi connectivity index (χ1v) is 4.95. The molecule has 0 saturated carbocycles. The molecule has 1 amide bonds. The Balaban J connectivity index is 2.71. The van der Waals surface area contributed by atoms with Gasteiger partial charge in [0, 0.05) is 7.05 Å². The summed E-state index contributed by atoms with van der Waals surface area (Å²) in [5.41, 5.74) is 1.49. The van der Waals surface area contributed by atoms with Crippen molar-refractivity contribution < 1.29 is 9.53 Å². The van der Waals surface area contributed by atoms with Gasteiger partial charge in [0.05, 0.1) is 18.2 Å². The van der Waals surface area contributed by atoms with E-state index < -0.39 is 0 Å². The molecule has 0 aromatic heterocycles. The summed E-state index contributed by atoms with van der Waals surface area (Å²) >= 11 is 0. The number of nitrogens with zero attached hydrogens (tertiary/aromatic N) is 1. The lowest BCUT2D eigenvalue weighted by Crippen LogP contribution is -2.35. The maximum Gasteiger partial charge on any atom is 0.258 e. The fraction of sp³-hybridized carbons (Fsp3) is 0.417. The summed E-state index contributed by atoms with van der Waals surface area (Å²) in [6.45, 7) is 4.08. The van der Waals surface area contributed by atoms with E-state index in [0.29, 0.717) is 11.3 Å². The van der Waals surface area contributed by atoms with Crippen LogP contribution in [0.2, 0.25) is 0 Å². The number of rotatable bonds is 1. The highest BCUT2D eigenvalue weighted by molar-refractivity contribution is 6.02. The number of hydrogen-bond donors (Lipinski definition) is 0. The average molecular weight is 205 g/mol. The van der Waals surface area contributed by atoms with Gasteiger partial charge in [0.25, 0.3) is 5.91 Å². The Morgan fingerprint density at radius 3 is 2.60 bits per heavy atom. The van der Waals surface area contributed by atoms with Crippen molar-refractivity contribution in [2.24, 2.45) is 0 Å². The van der Waals surface area contributed by atoms with Crippen LogP contribution in [0, 0.1) is 0 Å². The highest BCUT2D eigenvalue weighted by Gasteiger charge is 2.42. The molecule has 1 heterocycles. The van der Waals surface area contributed by atoms with Crippen LogP contribution < -0.4 is 4.74 Å². The SMILES string of the molecule is COc1cccc2c1C(=O)N(C)C2(C)C. The fourth-order valence-corrected chi connectivity index (χ4v) is 2.03. The number of fused-ring (bicyclic) bond motifs is 1. The molecule has 3 heteroatoms. The van der Waals surface area contributed by atoms with Gasteiger partial charge in [-0.2, -0.15) is 0 Å². The molecule has 15 heavy (non-hydrogen) atoms. The molecule has 80 valence electrons. The number of carbonyl (C=O) groups is 1. The van der Waals surface area contributed by atoms with Crippen LogP contribution in [0.5, 0.6) is 5.75 Å². The predicted molar refractivity (Wildman–Crippen MR) is 58.1 cm³/mol. The zero-order chi connectivity index (χ0) is 11.2. The lowest BCUT2D eigenvalue weighted by molar-refractivity contribution is 0.0689. The summed E-state index contributed by atoms with van der Waals surface area (Å²) in [5, 5.41) is 0. The van der Waals surface area contributed by atoms with E-state index in [1.807, 2.05) is 39.1 Å². The van der Waals surface area contributed by atoms with Crippen molar-refractivity contribution in [2.75, 3.05) is 14.2 Å². The van der Waals surface area contributed by atoms with Crippen LogP contribution in [-0.2, 0) is 5.54 Å². The summed E-state index contributed by atoms with van der Waals surface area (Å²) in [5.74, 6) is 0.697. The number of ether oxygens (including phenoxy) is 1. The van der Waals surface area contributed by atoms with Crippen molar-refractivity contribution in [1.29, 1.82) is 0 Å². The molecule has 0 bridgehead atoms. The van der Waals surface area contributed by atoms with E-state index in [9.17, 15) is 4.79 Å². The second kappa shape index (κ2) is 2.99. The van der Waals surface area contributed by atoms with Crippen molar-refractivity contribution in [2.45, 2.75) is 19.4 Å². The van der Waals surface area contributed by atoms with Crippen LogP contribution in [-0.4, -0.2) is 25.0 Å². The minimum atomic E-state index is -0.249. The number of carbonyl (C=O) groups excluding carboxylic acids is 1. The second-order valence-electron chi connectivity index (χ2n) is 4.31. The molecule has 0 atom stereocenters. The van der Waals surface area contributed by atoms with Gasteiger partial charge in [-0.1, -0.05) is 12.1 Å². The molecule has 0 unspecified atom stereocenters. The van der Waals surface area contributed by atoms with Gasteiger partial charge < -0.3 is 9.64 Å². The lowest BCUT2D eigenvalue weighted by atomic mass is 9.94. The van der Waals surface area contributed by atoms with E-state index in [4.69, 9.17) is 4.74 Å². The monoisotopic (exact) mass is 205 g/mol. The molecule has 2 rings (SSSR count). The topological polar surface area (TPSA) is 29.5 Å². The molecule has 1 aromatic rings. The third-order valence-corrected chi connectivity index (χ3v) is 3.26. The lowest BCUT2D eigenvalue weighted by Gasteiger charge is -2.28. The van der Waals surface area contributed by atoms with Gasteiger partial charge in [-0.3, -0.25) is 4.79 Å². The maximum atomic E-state index is 12.0. The molecule has 0 N–H and O–H groups in total. The Bertz CT molecular complexity index is 424. The molecule has 3 nitrogen and oxygen atoms in total. The van der Waals surface area contributed by atoms with Crippen LogP contribution in [0.1, 0.15) is 29.8 Å². The van der Waals surface area contributed by atoms with E-state index in [2.05, 4.69) is 0 Å². The molecule has 1 aliphatic heterocycles. The third-order valence-electron chi connectivity index (χ3n) is 3.26. The molecular weight excluding hydrogens is 190 g/mol. The molecular formula is C12H15NO2. The average Bonchev–Trinajstić information content (AvgIpc) is 2.41. The van der Waals surface area contributed by atoms with Gasteiger partial charge in [0.1, 0.15) is 5.75 Å². The van der Waals surface area contributed by atoms with Gasteiger partial charge in [0.2, 0.25) is 0 Å². The Hall–Kier alpha value is -1.51. The minimum Gasteiger partial charge on any atom is -0.496 e. The number of benzene rings is 1. The minimum absolute atomic E-state index is 0.0347. The van der Waals surface area contributed by atoms with Crippen LogP contribution in [0.15, 0.2) is 18.2 Å². The van der Waals surface area contributed by atoms with E-state index in [1.54, 1.807) is 12.0 Å². The van der Waals surface area contributed by atoms with Crippen LogP contribution in [0.25, 0.3) is 0 Å². The van der Waals surface area contributed by atoms with E-state index in [-0.39, 0.29) is 11.4 Å². The molecule has 0 spiro atoms. The molecule has 0 saturated heterocycles. The van der Waals surface area contributed by atoms with Gasteiger partial charge in [-0.25, -0.2) is 0 Å². The number of hydrogen-bond acceptors (Lipinski definition) is 2. The first-order valence-electron chi connectivity index (χ1n) is 4.95. The first-order chi connectivity index (χ1) is 7.00. The zero-order valence-corrected chi connectivity index (χ0v) is 9.50. The summed E-state index contributed by atoms with van der Waals surface area (Å²) < 4.78 is 5.22. The Morgan fingerprint density at radius 1 is 1.33 bits per heavy atom. The summed E-state index contributed by atoms with van der Waals surface area (Å²) in [4.78, 5) is 13.8. The predicted octanol–water partition coefficient (Wildman–Crippen LogP) is 2.02. The van der Waals surface area contributed by atoms with E-state index >= 15 is 0 Å². The summed E-state index contributed by atoms with van der Waals surface area (Å²) in [6, 6.07) is 5.73. The quantitative estimate of drug-likeness (QED) is 0.702. The molecule has 1 aromatic carbocycles. The van der Waals surface area contributed by atoms with Crippen molar-refractivity contribution in [1.82, 2.24) is 4.90 Å². The van der Waals surface area contributed by atoms with Crippen LogP contribution >= 0.6 is 0 Å². The van der Waals surface area contributed by atoms with Crippen molar-refractivity contribution in [3.8, 4) is 5.75 Å². The largest absolute Gasteiger partial charge is 0.496 e. The molecule has 1 aliphatic rings. The van der Waals surface area contributed by atoms with Gasteiger partial charge in [0.15, 0.2) is 0 Å². The Morgan fingerprint density at radius 2 is 2.00 bits per heavy atom. The highest BCUT2D eigenvalue weighted by atomic mass is 16.5. The van der Waals surface area contributed by atoms with Crippen molar-refractivity contribution >= 4 is 5.91 Å². The van der Waals surface area contributed by atoms with Crippen LogP contribution in [0.4, 0.5) is 0 Å². The smallest absolute Gasteiger partial charge is 0.258 e. The highest BCUT2D eigenvalue weighted by Crippen LogP contribution is 2.41. The second-order valence-corrected chi connectivity index (χ2v) is 4.31. The Labute approximate surface area is 89.7 Å². The first kappa shape index (κ1) is 10.0. The van der Waals surface area contributed by atoms with Crippen LogP contribution in [0.3, 0.4) is 0 Å². The van der Waals surface area contributed by atoms with Crippen molar-refractivity contribution in [3.05, 3.63) is 29.3 Å². The molecule has 0 fully saturated rings. The van der Waals surface area contributed by atoms with E-state index in [1.165, 1.54) is 0 Å². The van der Waals surface area contributed by atoms with Gasteiger partial charge in [-0.05, 0) is 25.5 Å². The zero-order valence-electron chi connectivity index (χ0n) is 9.50. The van der Waals surface area contributed by atoms with Gasteiger partial charge in [-0.15, -0.1) is 0 Å². The number of amides is 1.